The molecule has 1 heterocycles. The smallest absolute Gasteiger partial charge is 0.264 e. The van der Waals surface area contributed by atoms with Crippen LogP contribution in [0.25, 0.3) is 0 Å². The van der Waals surface area contributed by atoms with Gasteiger partial charge in [-0.25, -0.2) is 0 Å². The molecule has 1 aliphatic rings. The summed E-state index contributed by atoms with van der Waals surface area (Å²) in [7, 11) is -1.74. The largest absolute Gasteiger partial charge is 0.346 e. The zero-order valence-electron chi connectivity index (χ0n) is 7.69. The number of hydrogen-bond donors (Lipinski definition) is 0. The van der Waals surface area contributed by atoms with Gasteiger partial charge in [0.2, 0.25) is 5.91 Å². The molecule has 0 N–H and O–H groups in total. The van der Waals surface area contributed by atoms with Crippen molar-refractivity contribution in [1.29, 1.82) is 0 Å². The first-order chi connectivity index (χ1) is 5.88. The average molecular weight is 207 g/mol. The fourth-order valence-corrected chi connectivity index (χ4v) is 1.90. The number of nitrogens with zero attached hydrogens (tertiary/aromatic N) is 1. The van der Waals surface area contributed by atoms with Crippen molar-refractivity contribution >= 4 is 16.0 Å². The monoisotopic (exact) mass is 207 g/mol. The number of carbonyl (C=O) groups excluding carboxylic acids is 1. The van der Waals surface area contributed by atoms with E-state index in [2.05, 4.69) is 0 Å². The van der Waals surface area contributed by atoms with Gasteiger partial charge in [-0.1, -0.05) is 0 Å². The third-order valence-electron chi connectivity index (χ3n) is 1.93. The lowest BCUT2D eigenvalue weighted by molar-refractivity contribution is -0.134. The van der Waals surface area contributed by atoms with Gasteiger partial charge in [-0.2, -0.15) is 8.42 Å². The second-order valence-corrected chi connectivity index (χ2v) is 4.83. The van der Waals surface area contributed by atoms with E-state index in [-0.39, 0.29) is 12.3 Å². The van der Waals surface area contributed by atoms with Crippen molar-refractivity contribution in [3.8, 4) is 0 Å². The molecule has 13 heavy (non-hydrogen) atoms. The zero-order chi connectivity index (χ0) is 10.1. The van der Waals surface area contributed by atoms with Crippen molar-refractivity contribution in [2.45, 2.75) is 18.9 Å². The zero-order valence-corrected chi connectivity index (χ0v) is 8.50. The maximum Gasteiger partial charge on any atom is 0.264 e. The van der Waals surface area contributed by atoms with Crippen LogP contribution in [0.15, 0.2) is 0 Å². The summed E-state index contributed by atoms with van der Waals surface area (Å²) < 4.78 is 26.2. The third-order valence-corrected chi connectivity index (χ3v) is 2.55. The minimum absolute atomic E-state index is 0.0695. The topological polar surface area (TPSA) is 63.7 Å². The van der Waals surface area contributed by atoms with Crippen LogP contribution in [0, 0.1) is 0 Å². The molecule has 0 aliphatic carbocycles. The highest BCUT2D eigenvalue weighted by Gasteiger charge is 2.26. The van der Waals surface area contributed by atoms with Gasteiger partial charge in [0.15, 0.2) is 0 Å². The first kappa shape index (κ1) is 10.5. The van der Waals surface area contributed by atoms with E-state index in [1.54, 1.807) is 11.9 Å². The normalized spacial score (nSPS) is 24.9. The summed E-state index contributed by atoms with van der Waals surface area (Å²) in [5.74, 6) is -0.0695. The minimum Gasteiger partial charge on any atom is -0.346 e. The fourth-order valence-electron chi connectivity index (χ4n) is 1.24. The average Bonchev–Trinajstić information content (AvgIpc) is 1.94. The van der Waals surface area contributed by atoms with Gasteiger partial charge in [-0.15, -0.1) is 0 Å². The maximum absolute atomic E-state index is 11.1. The Morgan fingerprint density at radius 3 is 2.62 bits per heavy atom. The second-order valence-electron chi connectivity index (χ2n) is 3.23. The molecule has 0 radical (unpaired) electrons. The number of hydrogen-bond acceptors (Lipinski definition) is 4. The Labute approximate surface area is 77.8 Å². The Balaban J connectivity index is 2.52. The van der Waals surface area contributed by atoms with E-state index in [1.807, 2.05) is 0 Å². The Kier molecular flexibility index (Phi) is 2.92. The summed E-state index contributed by atoms with van der Waals surface area (Å²) in [6, 6.07) is 0. The van der Waals surface area contributed by atoms with Gasteiger partial charge in [-0.3, -0.25) is 8.98 Å². The van der Waals surface area contributed by atoms with Crippen LogP contribution in [-0.4, -0.2) is 45.2 Å². The summed E-state index contributed by atoms with van der Waals surface area (Å²) in [5.41, 5.74) is 0. The highest BCUT2D eigenvalue weighted by atomic mass is 32.2. The summed E-state index contributed by atoms with van der Waals surface area (Å²) >= 11 is 0. The molecule has 0 aromatic rings. The Bertz CT molecular complexity index is 298. The van der Waals surface area contributed by atoms with Crippen LogP contribution in [0.5, 0.6) is 0 Å². The molecule has 0 saturated carbocycles. The van der Waals surface area contributed by atoms with Crippen LogP contribution >= 0.6 is 0 Å². The van der Waals surface area contributed by atoms with Crippen LogP contribution in [-0.2, 0) is 19.1 Å². The third kappa shape index (κ3) is 3.31. The van der Waals surface area contributed by atoms with E-state index in [4.69, 9.17) is 4.18 Å². The maximum atomic E-state index is 11.1. The first-order valence-electron chi connectivity index (χ1n) is 4.01. The molecule has 0 aromatic carbocycles. The lowest BCUT2D eigenvalue weighted by atomic mass is 10.1. The van der Waals surface area contributed by atoms with Crippen molar-refractivity contribution in [1.82, 2.24) is 4.90 Å². The van der Waals surface area contributed by atoms with Gasteiger partial charge in [0.1, 0.15) is 0 Å². The van der Waals surface area contributed by atoms with E-state index in [0.717, 1.165) is 6.26 Å². The molecule has 1 amide bonds. The molecule has 1 aliphatic heterocycles. The highest BCUT2D eigenvalue weighted by Crippen LogP contribution is 2.14. The number of likely N-dealkylation sites (tertiary alicyclic amines) is 1. The lowest BCUT2D eigenvalue weighted by Crippen LogP contribution is -2.39. The molecule has 1 saturated heterocycles. The van der Waals surface area contributed by atoms with Crippen molar-refractivity contribution in [3.63, 3.8) is 0 Å². The Morgan fingerprint density at radius 2 is 2.15 bits per heavy atom. The van der Waals surface area contributed by atoms with Crippen molar-refractivity contribution < 1.29 is 17.4 Å². The van der Waals surface area contributed by atoms with E-state index >= 15 is 0 Å². The molecule has 0 bridgehead atoms. The predicted molar refractivity (Wildman–Crippen MR) is 46.6 cm³/mol. The molecule has 5 nitrogen and oxygen atoms in total. The van der Waals surface area contributed by atoms with E-state index < -0.39 is 16.2 Å². The number of amides is 1. The molecule has 0 aromatic heterocycles. The van der Waals surface area contributed by atoms with Gasteiger partial charge in [0.05, 0.1) is 18.8 Å². The molecule has 0 spiro atoms. The standard InChI is InChI=1S/C7H13NO4S/c1-8-4-3-6(5-7(8)9)12-13(2,10)11/h6H,3-5H2,1-2H3/t6-/m1/s1. The molecule has 1 atom stereocenters. The predicted octanol–water partition coefficient (Wildman–Crippen LogP) is -0.417. The van der Waals surface area contributed by atoms with Crippen LogP contribution in [0.3, 0.4) is 0 Å². The SMILES string of the molecule is CN1CC[C@@H](OS(C)(=O)=O)CC1=O. The molecule has 1 fully saturated rings. The van der Waals surface area contributed by atoms with Gasteiger partial charge >= 0.3 is 0 Å². The lowest BCUT2D eigenvalue weighted by Gasteiger charge is -2.27. The second kappa shape index (κ2) is 3.63. The van der Waals surface area contributed by atoms with Crippen molar-refractivity contribution in [2.75, 3.05) is 19.8 Å². The van der Waals surface area contributed by atoms with Crippen LogP contribution < -0.4 is 0 Å². The number of carbonyl (C=O) groups is 1. The van der Waals surface area contributed by atoms with Crippen molar-refractivity contribution in [2.24, 2.45) is 0 Å². The molecular weight excluding hydrogens is 194 g/mol. The minimum atomic E-state index is -3.44. The Morgan fingerprint density at radius 1 is 1.54 bits per heavy atom. The quantitative estimate of drug-likeness (QED) is 0.577. The van der Waals surface area contributed by atoms with E-state index in [1.165, 1.54) is 0 Å². The van der Waals surface area contributed by atoms with Gasteiger partial charge in [0, 0.05) is 13.6 Å². The summed E-state index contributed by atoms with van der Waals surface area (Å²) in [6.07, 6.45) is 1.26. The number of rotatable bonds is 2. The van der Waals surface area contributed by atoms with Gasteiger partial charge in [0.25, 0.3) is 10.1 Å². The molecule has 1 rings (SSSR count). The van der Waals surface area contributed by atoms with Crippen LogP contribution in [0.1, 0.15) is 12.8 Å². The molecule has 6 heteroatoms. The van der Waals surface area contributed by atoms with Crippen LogP contribution in [0.2, 0.25) is 0 Å². The molecular formula is C7H13NO4S. The van der Waals surface area contributed by atoms with Gasteiger partial charge < -0.3 is 4.90 Å². The molecule has 76 valence electrons. The van der Waals surface area contributed by atoms with Gasteiger partial charge in [-0.05, 0) is 6.42 Å². The van der Waals surface area contributed by atoms with Crippen LogP contribution in [0.4, 0.5) is 0 Å². The highest BCUT2D eigenvalue weighted by molar-refractivity contribution is 7.86. The van der Waals surface area contributed by atoms with Crippen molar-refractivity contribution in [3.05, 3.63) is 0 Å². The fraction of sp³-hybridized carbons (Fsp3) is 0.857. The summed E-state index contributed by atoms with van der Waals surface area (Å²) in [5, 5.41) is 0. The summed E-state index contributed by atoms with van der Waals surface area (Å²) in [4.78, 5) is 12.7. The number of piperidine rings is 1. The summed E-state index contributed by atoms with van der Waals surface area (Å²) in [6.45, 7) is 0.555. The van der Waals surface area contributed by atoms with E-state index in [0.29, 0.717) is 13.0 Å². The van der Waals surface area contributed by atoms with E-state index in [9.17, 15) is 13.2 Å². The Hall–Kier alpha value is -0.620. The first-order valence-corrected chi connectivity index (χ1v) is 5.82. The molecule has 0 unspecified atom stereocenters.